The minimum Gasteiger partial charge on any atom is -0.461 e. The Balaban J connectivity index is 1.56. The van der Waals surface area contributed by atoms with Crippen molar-refractivity contribution in [1.82, 2.24) is 9.78 Å². The molecule has 0 radical (unpaired) electrons. The fourth-order valence-corrected chi connectivity index (χ4v) is 3.31. The number of nitrogens with zero attached hydrogens (tertiary/aromatic N) is 3. The second kappa shape index (κ2) is 7.44. The Morgan fingerprint density at radius 2 is 2.00 bits per heavy atom. The lowest BCUT2D eigenvalue weighted by atomic mass is 10.2. The first-order chi connectivity index (χ1) is 13.9. The third-order valence-corrected chi connectivity index (χ3v) is 5.13. The highest BCUT2D eigenvalue weighted by Gasteiger charge is 2.36. The zero-order valence-corrected chi connectivity index (χ0v) is 16.6. The van der Waals surface area contributed by atoms with Crippen molar-refractivity contribution < 1.29 is 9.21 Å². The van der Waals surface area contributed by atoms with Crippen molar-refractivity contribution in [1.29, 1.82) is 5.26 Å². The molecule has 0 bridgehead atoms. The molecule has 2 aromatic heterocycles. The van der Waals surface area contributed by atoms with E-state index in [2.05, 4.69) is 17.3 Å². The van der Waals surface area contributed by atoms with Gasteiger partial charge in [0.05, 0.1) is 11.4 Å². The number of carbonyl (C=O) groups excluding carboxylic acids is 1. The number of aromatic nitrogens is 2. The summed E-state index contributed by atoms with van der Waals surface area (Å²) in [5, 5.41) is 16.7. The first-order valence-electron chi connectivity index (χ1n) is 9.61. The van der Waals surface area contributed by atoms with Crippen LogP contribution in [-0.2, 0) is 4.79 Å². The summed E-state index contributed by atoms with van der Waals surface area (Å²) in [6.45, 7) is 6.04. The van der Waals surface area contributed by atoms with Gasteiger partial charge in [0, 0.05) is 18.1 Å². The quantitative estimate of drug-likeness (QED) is 0.506. The van der Waals surface area contributed by atoms with Crippen LogP contribution in [-0.4, -0.2) is 15.7 Å². The number of furan rings is 1. The van der Waals surface area contributed by atoms with Gasteiger partial charge >= 0.3 is 0 Å². The molecule has 1 saturated carbocycles. The standard InChI is InChI=1S/C23H22N4O2/c1-14-4-6-18(7-5-14)27-22(11-16(3)26-27)25-23(28)17(13-24)12-19-8-9-21(29-19)20-10-15(20)2/h4-9,11-12,15,20H,10H2,1-3H3,(H,25,28)/b17-12+/t15-,20-/m0/s1. The lowest BCUT2D eigenvalue weighted by Crippen LogP contribution is -2.16. The Hall–Kier alpha value is -3.59. The van der Waals surface area contributed by atoms with Gasteiger partial charge in [-0.05, 0) is 50.5 Å². The molecule has 1 aromatic carbocycles. The topological polar surface area (TPSA) is 83.9 Å². The molecule has 1 aliphatic rings. The molecule has 2 atom stereocenters. The molecular formula is C23H22N4O2. The normalized spacial score (nSPS) is 18.3. The van der Waals surface area contributed by atoms with E-state index in [1.807, 2.05) is 50.2 Å². The average Bonchev–Trinajstić information content (AvgIpc) is 3.09. The lowest BCUT2D eigenvalue weighted by molar-refractivity contribution is -0.112. The summed E-state index contributed by atoms with van der Waals surface area (Å²) in [5.41, 5.74) is 2.70. The van der Waals surface area contributed by atoms with Gasteiger partial charge in [0.25, 0.3) is 5.91 Å². The van der Waals surface area contributed by atoms with Crippen LogP contribution < -0.4 is 5.32 Å². The van der Waals surface area contributed by atoms with Crippen LogP contribution in [0.2, 0.25) is 0 Å². The third-order valence-electron chi connectivity index (χ3n) is 5.13. The Kier molecular flexibility index (Phi) is 4.81. The van der Waals surface area contributed by atoms with Gasteiger partial charge in [-0.2, -0.15) is 10.4 Å². The second-order valence-corrected chi connectivity index (χ2v) is 7.60. The van der Waals surface area contributed by atoms with E-state index in [0.717, 1.165) is 29.1 Å². The number of benzene rings is 1. The van der Waals surface area contributed by atoms with Crippen LogP contribution in [0.25, 0.3) is 11.8 Å². The van der Waals surface area contributed by atoms with E-state index in [1.54, 1.807) is 16.8 Å². The summed E-state index contributed by atoms with van der Waals surface area (Å²) in [6, 6.07) is 15.3. The molecular weight excluding hydrogens is 364 g/mol. The van der Waals surface area contributed by atoms with Crippen molar-refractivity contribution in [2.24, 2.45) is 5.92 Å². The van der Waals surface area contributed by atoms with Gasteiger partial charge < -0.3 is 9.73 Å². The Morgan fingerprint density at radius 1 is 1.28 bits per heavy atom. The summed E-state index contributed by atoms with van der Waals surface area (Å²) in [4.78, 5) is 12.7. The van der Waals surface area contributed by atoms with E-state index in [-0.39, 0.29) is 5.57 Å². The predicted octanol–water partition coefficient (Wildman–Crippen LogP) is 4.75. The number of hydrogen-bond donors (Lipinski definition) is 1. The van der Waals surface area contributed by atoms with Gasteiger partial charge in [0.15, 0.2) is 0 Å². The molecule has 1 amide bonds. The van der Waals surface area contributed by atoms with Crippen molar-refractivity contribution in [3.05, 3.63) is 70.8 Å². The zero-order valence-electron chi connectivity index (χ0n) is 16.6. The van der Waals surface area contributed by atoms with Crippen LogP contribution in [0, 0.1) is 31.1 Å². The number of carbonyl (C=O) groups is 1. The van der Waals surface area contributed by atoms with Crippen molar-refractivity contribution in [2.75, 3.05) is 5.32 Å². The molecule has 3 aromatic rings. The van der Waals surface area contributed by atoms with E-state index in [9.17, 15) is 10.1 Å². The van der Waals surface area contributed by atoms with Gasteiger partial charge in [-0.25, -0.2) is 4.68 Å². The van der Waals surface area contributed by atoms with Crippen LogP contribution in [0.1, 0.15) is 42.0 Å². The van der Waals surface area contributed by atoms with Gasteiger partial charge in [-0.3, -0.25) is 4.79 Å². The van der Waals surface area contributed by atoms with Crippen LogP contribution in [0.3, 0.4) is 0 Å². The molecule has 0 unspecified atom stereocenters. The third kappa shape index (κ3) is 3.99. The van der Waals surface area contributed by atoms with Gasteiger partial charge in [-0.15, -0.1) is 0 Å². The Labute approximate surface area is 169 Å². The molecule has 6 nitrogen and oxygen atoms in total. The highest BCUT2D eigenvalue weighted by Crippen LogP contribution is 2.47. The Bertz CT molecular complexity index is 1130. The number of anilines is 1. The van der Waals surface area contributed by atoms with E-state index in [4.69, 9.17) is 4.42 Å². The summed E-state index contributed by atoms with van der Waals surface area (Å²) in [6.07, 6.45) is 2.59. The molecule has 4 rings (SSSR count). The molecule has 2 heterocycles. The van der Waals surface area contributed by atoms with Crippen LogP contribution in [0.4, 0.5) is 5.82 Å². The molecule has 0 aliphatic heterocycles. The van der Waals surface area contributed by atoms with E-state index >= 15 is 0 Å². The number of aryl methyl sites for hydroxylation is 2. The largest absolute Gasteiger partial charge is 0.461 e. The number of nitriles is 1. The first-order valence-corrected chi connectivity index (χ1v) is 9.61. The summed E-state index contributed by atoms with van der Waals surface area (Å²) in [5.74, 6) is 2.50. The lowest BCUT2D eigenvalue weighted by Gasteiger charge is -2.08. The van der Waals surface area contributed by atoms with Crippen LogP contribution in [0.15, 0.2) is 52.5 Å². The zero-order chi connectivity index (χ0) is 20.5. The molecule has 0 saturated heterocycles. The monoisotopic (exact) mass is 386 g/mol. The maximum Gasteiger partial charge on any atom is 0.267 e. The van der Waals surface area contributed by atoms with Gasteiger partial charge in [0.2, 0.25) is 0 Å². The minimum absolute atomic E-state index is 0.0240. The van der Waals surface area contributed by atoms with Gasteiger partial charge in [0.1, 0.15) is 29.0 Å². The van der Waals surface area contributed by atoms with E-state index in [1.165, 1.54) is 6.08 Å². The summed E-state index contributed by atoms with van der Waals surface area (Å²) < 4.78 is 7.45. The average molecular weight is 386 g/mol. The number of rotatable bonds is 5. The molecule has 146 valence electrons. The molecule has 1 aliphatic carbocycles. The van der Waals surface area contributed by atoms with Crippen LogP contribution >= 0.6 is 0 Å². The smallest absolute Gasteiger partial charge is 0.267 e. The fourth-order valence-electron chi connectivity index (χ4n) is 3.31. The predicted molar refractivity (Wildman–Crippen MR) is 110 cm³/mol. The molecule has 0 spiro atoms. The highest BCUT2D eigenvalue weighted by molar-refractivity contribution is 6.09. The summed E-state index contributed by atoms with van der Waals surface area (Å²) >= 11 is 0. The van der Waals surface area contributed by atoms with Crippen molar-refractivity contribution in [2.45, 2.75) is 33.1 Å². The SMILES string of the molecule is Cc1ccc(-n2nc(C)cc2NC(=O)/C(C#N)=C/c2ccc([C@H]3C[C@@H]3C)o2)cc1. The molecule has 29 heavy (non-hydrogen) atoms. The molecule has 1 N–H and O–H groups in total. The number of hydrogen-bond acceptors (Lipinski definition) is 4. The van der Waals surface area contributed by atoms with Gasteiger partial charge in [-0.1, -0.05) is 24.6 Å². The highest BCUT2D eigenvalue weighted by atomic mass is 16.3. The maximum atomic E-state index is 12.7. The minimum atomic E-state index is -0.501. The maximum absolute atomic E-state index is 12.7. The first kappa shape index (κ1) is 18.8. The van der Waals surface area contributed by atoms with Crippen molar-refractivity contribution in [3.63, 3.8) is 0 Å². The molecule has 1 fully saturated rings. The molecule has 6 heteroatoms. The van der Waals surface area contributed by atoms with Crippen molar-refractivity contribution in [3.8, 4) is 11.8 Å². The van der Waals surface area contributed by atoms with Crippen LogP contribution in [0.5, 0.6) is 0 Å². The number of nitrogens with one attached hydrogen (secondary N) is 1. The summed E-state index contributed by atoms with van der Waals surface area (Å²) in [7, 11) is 0. The van der Waals surface area contributed by atoms with E-state index < -0.39 is 5.91 Å². The number of amides is 1. The van der Waals surface area contributed by atoms with E-state index in [0.29, 0.717) is 23.4 Å². The fraction of sp³-hybridized carbons (Fsp3) is 0.261. The second-order valence-electron chi connectivity index (χ2n) is 7.60. The Morgan fingerprint density at radius 3 is 2.66 bits per heavy atom. The van der Waals surface area contributed by atoms with Crippen molar-refractivity contribution >= 4 is 17.8 Å².